The molecule has 4 rings (SSSR count). The molecule has 136 valence electrons. The van der Waals surface area contributed by atoms with E-state index in [1.807, 2.05) is 18.2 Å². The van der Waals surface area contributed by atoms with Gasteiger partial charge in [-0.25, -0.2) is 4.68 Å². The Morgan fingerprint density at radius 2 is 1.56 bits per heavy atom. The zero-order valence-electron chi connectivity index (χ0n) is 13.8. The van der Waals surface area contributed by atoms with Crippen molar-refractivity contribution >= 4 is 28.2 Å². The molecule has 0 spiro atoms. The highest BCUT2D eigenvalue weighted by Gasteiger charge is 2.39. The van der Waals surface area contributed by atoms with Crippen LogP contribution in [0.1, 0.15) is 5.69 Å². The van der Waals surface area contributed by atoms with Crippen LogP contribution in [0.5, 0.6) is 0 Å². The number of nitrogen functional groups attached to an aromatic ring is 1. The van der Waals surface area contributed by atoms with Gasteiger partial charge >= 0.3 is 6.18 Å². The lowest BCUT2D eigenvalue weighted by atomic mass is 9.97. The number of alkyl halides is 3. The quantitative estimate of drug-likeness (QED) is 0.462. The second kappa shape index (κ2) is 6.32. The van der Waals surface area contributed by atoms with Gasteiger partial charge in [0.05, 0.1) is 11.3 Å². The molecule has 4 aromatic rings. The molecule has 0 fully saturated rings. The molecule has 2 N–H and O–H groups in total. The van der Waals surface area contributed by atoms with Crippen LogP contribution in [0.25, 0.3) is 27.6 Å². The second-order valence-electron chi connectivity index (χ2n) is 6.02. The van der Waals surface area contributed by atoms with E-state index in [0.717, 1.165) is 10.1 Å². The fraction of sp³-hybridized carbons (Fsp3) is 0.0500. The summed E-state index contributed by atoms with van der Waals surface area (Å²) in [6.07, 6.45) is -4.65. The number of fused-ring (bicyclic) bond motifs is 1. The molecular weight excluding hydrogens is 375 g/mol. The van der Waals surface area contributed by atoms with Crippen molar-refractivity contribution in [3.05, 3.63) is 77.4 Å². The minimum absolute atomic E-state index is 0.0824. The standard InChI is InChI=1S/C20H13ClF3N3/c21-13-8-10-14(11-9-13)27-19(25)17(18(26-27)20(22,23)24)16-7-3-5-12-4-1-2-6-15(12)16/h1-11H,25H2. The van der Waals surface area contributed by atoms with Crippen molar-refractivity contribution in [2.45, 2.75) is 6.18 Å². The van der Waals surface area contributed by atoms with Crippen molar-refractivity contribution in [3.63, 3.8) is 0 Å². The van der Waals surface area contributed by atoms with E-state index >= 15 is 0 Å². The molecule has 27 heavy (non-hydrogen) atoms. The average Bonchev–Trinajstić information content (AvgIpc) is 2.99. The Morgan fingerprint density at radius 1 is 0.889 bits per heavy atom. The number of halogens is 4. The van der Waals surface area contributed by atoms with Crippen LogP contribution in [0, 0.1) is 0 Å². The summed E-state index contributed by atoms with van der Waals surface area (Å²) in [4.78, 5) is 0. The molecule has 0 saturated heterocycles. The van der Waals surface area contributed by atoms with Crippen LogP contribution in [-0.2, 0) is 6.18 Å². The maximum atomic E-state index is 13.8. The average molecular weight is 388 g/mol. The monoisotopic (exact) mass is 387 g/mol. The molecule has 0 aliphatic rings. The number of aromatic nitrogens is 2. The lowest BCUT2D eigenvalue weighted by Gasteiger charge is -2.10. The zero-order chi connectivity index (χ0) is 19.2. The first kappa shape index (κ1) is 17.4. The molecule has 0 bridgehead atoms. The molecule has 0 saturated carbocycles. The summed E-state index contributed by atoms with van der Waals surface area (Å²) in [6, 6.07) is 18.7. The number of hydrogen-bond acceptors (Lipinski definition) is 2. The lowest BCUT2D eigenvalue weighted by Crippen LogP contribution is -2.08. The maximum Gasteiger partial charge on any atom is 0.435 e. The minimum Gasteiger partial charge on any atom is -0.383 e. The first-order valence-electron chi connectivity index (χ1n) is 8.06. The number of anilines is 1. The predicted octanol–water partition coefficient (Wildman–Crippen LogP) is 5.95. The van der Waals surface area contributed by atoms with E-state index in [-0.39, 0.29) is 11.4 Å². The smallest absolute Gasteiger partial charge is 0.383 e. The predicted molar refractivity (Wildman–Crippen MR) is 101 cm³/mol. The summed E-state index contributed by atoms with van der Waals surface area (Å²) in [7, 11) is 0. The maximum absolute atomic E-state index is 13.8. The summed E-state index contributed by atoms with van der Waals surface area (Å²) < 4.78 is 42.4. The molecule has 7 heteroatoms. The fourth-order valence-corrected chi connectivity index (χ4v) is 3.24. The van der Waals surface area contributed by atoms with Crippen LogP contribution in [-0.4, -0.2) is 9.78 Å². The summed E-state index contributed by atoms with van der Waals surface area (Å²) in [5, 5.41) is 5.75. The molecule has 0 atom stereocenters. The summed E-state index contributed by atoms with van der Waals surface area (Å²) in [5.41, 5.74) is 5.79. The molecule has 0 amide bonds. The van der Waals surface area contributed by atoms with Crippen LogP contribution in [0.2, 0.25) is 5.02 Å². The molecule has 1 aromatic heterocycles. The van der Waals surface area contributed by atoms with Gasteiger partial charge in [0.1, 0.15) is 5.82 Å². The zero-order valence-corrected chi connectivity index (χ0v) is 14.6. The molecule has 1 heterocycles. The molecule has 0 aliphatic carbocycles. The van der Waals surface area contributed by atoms with Gasteiger partial charge in [-0.1, -0.05) is 54.1 Å². The van der Waals surface area contributed by atoms with E-state index in [9.17, 15) is 13.2 Å². The Morgan fingerprint density at radius 3 is 2.26 bits per heavy atom. The third kappa shape index (κ3) is 3.02. The van der Waals surface area contributed by atoms with E-state index in [1.54, 1.807) is 48.5 Å². The fourth-order valence-electron chi connectivity index (χ4n) is 3.12. The van der Waals surface area contributed by atoms with Crippen LogP contribution in [0.4, 0.5) is 19.0 Å². The summed E-state index contributed by atoms with van der Waals surface area (Å²) in [5.74, 6) is -0.0824. The van der Waals surface area contributed by atoms with Crippen molar-refractivity contribution in [2.75, 3.05) is 5.73 Å². The summed E-state index contributed by atoms with van der Waals surface area (Å²) in [6.45, 7) is 0. The van der Waals surface area contributed by atoms with Gasteiger partial charge in [-0.15, -0.1) is 0 Å². The topological polar surface area (TPSA) is 43.8 Å². The number of benzene rings is 3. The SMILES string of the molecule is Nc1c(-c2cccc3ccccc23)c(C(F)(F)F)nn1-c1ccc(Cl)cc1. The van der Waals surface area contributed by atoms with E-state index in [0.29, 0.717) is 21.7 Å². The summed E-state index contributed by atoms with van der Waals surface area (Å²) >= 11 is 5.87. The van der Waals surface area contributed by atoms with Crippen LogP contribution < -0.4 is 5.73 Å². The molecule has 0 aliphatic heterocycles. The third-order valence-electron chi connectivity index (χ3n) is 4.32. The van der Waals surface area contributed by atoms with Crippen molar-refractivity contribution in [1.29, 1.82) is 0 Å². The van der Waals surface area contributed by atoms with Crippen molar-refractivity contribution in [3.8, 4) is 16.8 Å². The number of rotatable bonds is 2. The highest BCUT2D eigenvalue weighted by Crippen LogP contribution is 2.42. The van der Waals surface area contributed by atoms with E-state index in [1.165, 1.54) is 0 Å². The van der Waals surface area contributed by atoms with Gasteiger partial charge in [0, 0.05) is 5.02 Å². The van der Waals surface area contributed by atoms with Crippen molar-refractivity contribution < 1.29 is 13.2 Å². The Labute approximate surface area is 157 Å². The Balaban J connectivity index is 2.03. The minimum atomic E-state index is -4.65. The van der Waals surface area contributed by atoms with Crippen LogP contribution >= 0.6 is 11.6 Å². The van der Waals surface area contributed by atoms with Crippen molar-refractivity contribution in [1.82, 2.24) is 9.78 Å². The van der Waals surface area contributed by atoms with E-state index < -0.39 is 11.9 Å². The van der Waals surface area contributed by atoms with Crippen LogP contribution in [0.15, 0.2) is 66.7 Å². The third-order valence-corrected chi connectivity index (χ3v) is 4.57. The van der Waals surface area contributed by atoms with Gasteiger partial charge in [-0.05, 0) is 40.6 Å². The number of nitrogens with zero attached hydrogens (tertiary/aromatic N) is 2. The van der Waals surface area contributed by atoms with Crippen molar-refractivity contribution in [2.24, 2.45) is 0 Å². The normalized spacial score (nSPS) is 11.9. The molecular formula is C20H13ClF3N3. The van der Waals surface area contributed by atoms with Gasteiger partial charge < -0.3 is 5.73 Å². The number of nitrogens with two attached hydrogens (primary N) is 1. The highest BCUT2D eigenvalue weighted by molar-refractivity contribution is 6.30. The number of hydrogen-bond donors (Lipinski definition) is 1. The molecule has 3 aromatic carbocycles. The molecule has 0 unspecified atom stereocenters. The van der Waals surface area contributed by atoms with Crippen LogP contribution in [0.3, 0.4) is 0 Å². The molecule has 0 radical (unpaired) electrons. The lowest BCUT2D eigenvalue weighted by molar-refractivity contribution is -0.140. The van der Waals surface area contributed by atoms with Gasteiger partial charge in [0.15, 0.2) is 5.69 Å². The Kier molecular flexibility index (Phi) is 4.08. The van der Waals surface area contributed by atoms with Gasteiger partial charge in [0.2, 0.25) is 0 Å². The van der Waals surface area contributed by atoms with Gasteiger partial charge in [-0.2, -0.15) is 18.3 Å². The molecule has 3 nitrogen and oxygen atoms in total. The second-order valence-corrected chi connectivity index (χ2v) is 6.46. The Hall–Kier alpha value is -2.99. The largest absolute Gasteiger partial charge is 0.435 e. The first-order valence-corrected chi connectivity index (χ1v) is 8.44. The van der Waals surface area contributed by atoms with Gasteiger partial charge in [-0.3, -0.25) is 0 Å². The van der Waals surface area contributed by atoms with Gasteiger partial charge in [0.25, 0.3) is 0 Å². The van der Waals surface area contributed by atoms with E-state index in [2.05, 4.69) is 5.10 Å². The van der Waals surface area contributed by atoms with E-state index in [4.69, 9.17) is 17.3 Å². The first-order chi connectivity index (χ1) is 12.9. The Bertz CT molecular complexity index is 1130. The highest BCUT2D eigenvalue weighted by atomic mass is 35.5.